The van der Waals surface area contributed by atoms with E-state index in [1.807, 2.05) is 0 Å². The molecule has 2 N–H and O–H groups in total. The molecule has 21 heavy (non-hydrogen) atoms. The van der Waals surface area contributed by atoms with E-state index in [9.17, 15) is 9.59 Å². The van der Waals surface area contributed by atoms with Crippen LogP contribution in [-0.2, 0) is 0 Å². The van der Waals surface area contributed by atoms with Crippen LogP contribution in [0.5, 0.6) is 0 Å². The fraction of sp³-hybridized carbons (Fsp3) is 0.429. The van der Waals surface area contributed by atoms with Gasteiger partial charge in [-0.1, -0.05) is 0 Å². The maximum Gasteiger partial charge on any atom is 0.269 e. The number of hydrogen-bond donors (Lipinski definition) is 2. The Bertz CT molecular complexity index is 656. The molecule has 0 atom stereocenters. The zero-order valence-corrected chi connectivity index (χ0v) is 11.5. The van der Waals surface area contributed by atoms with E-state index in [4.69, 9.17) is 0 Å². The third kappa shape index (κ3) is 3.01. The number of nitrogens with one attached hydrogen (secondary N) is 2. The smallest absolute Gasteiger partial charge is 0.269 e. The van der Waals surface area contributed by atoms with Crippen LogP contribution in [0.25, 0.3) is 0 Å². The van der Waals surface area contributed by atoms with Gasteiger partial charge in [-0.3, -0.25) is 9.59 Å². The van der Waals surface area contributed by atoms with Gasteiger partial charge < -0.3 is 10.3 Å². The van der Waals surface area contributed by atoms with Crippen molar-refractivity contribution >= 4 is 5.91 Å². The molecule has 7 nitrogen and oxygen atoms in total. The van der Waals surface area contributed by atoms with Crippen LogP contribution in [0.1, 0.15) is 42.2 Å². The van der Waals surface area contributed by atoms with Gasteiger partial charge in [0.25, 0.3) is 11.5 Å². The Balaban J connectivity index is 1.57. The number of nitrogens with zero attached hydrogens (tertiary/aromatic N) is 3. The van der Waals surface area contributed by atoms with Crippen molar-refractivity contribution in [3.05, 3.63) is 46.9 Å². The molecule has 1 aliphatic carbocycles. The predicted molar refractivity (Wildman–Crippen MR) is 75.8 cm³/mol. The Hall–Kier alpha value is -2.44. The van der Waals surface area contributed by atoms with Gasteiger partial charge in [-0.15, -0.1) is 0 Å². The van der Waals surface area contributed by atoms with Crippen molar-refractivity contribution in [1.82, 2.24) is 25.1 Å². The van der Waals surface area contributed by atoms with Gasteiger partial charge in [0, 0.05) is 18.3 Å². The van der Waals surface area contributed by atoms with Gasteiger partial charge in [0.2, 0.25) is 0 Å². The van der Waals surface area contributed by atoms with E-state index in [0.29, 0.717) is 5.69 Å². The van der Waals surface area contributed by atoms with Crippen molar-refractivity contribution in [2.45, 2.75) is 37.8 Å². The zero-order valence-electron chi connectivity index (χ0n) is 11.5. The zero-order chi connectivity index (χ0) is 14.7. The topological polar surface area (TPSA) is 92.7 Å². The number of aromatic amines is 1. The summed E-state index contributed by atoms with van der Waals surface area (Å²) >= 11 is 0. The molecule has 1 amide bonds. The molecule has 1 fully saturated rings. The molecule has 7 heteroatoms. The molecule has 1 aliphatic rings. The molecule has 2 aromatic rings. The molecular formula is C14H17N5O2. The van der Waals surface area contributed by atoms with Gasteiger partial charge in [-0.25, -0.2) is 9.67 Å². The molecule has 110 valence electrons. The largest absolute Gasteiger partial charge is 0.348 e. The summed E-state index contributed by atoms with van der Waals surface area (Å²) in [6.07, 6.45) is 7.98. The van der Waals surface area contributed by atoms with Gasteiger partial charge in [0.15, 0.2) is 0 Å². The van der Waals surface area contributed by atoms with Gasteiger partial charge >= 0.3 is 0 Å². The van der Waals surface area contributed by atoms with E-state index >= 15 is 0 Å². The molecule has 0 unspecified atom stereocenters. The molecule has 0 spiro atoms. The second-order valence-electron chi connectivity index (χ2n) is 5.25. The first-order chi connectivity index (χ1) is 10.2. The third-order valence-corrected chi connectivity index (χ3v) is 3.86. The van der Waals surface area contributed by atoms with Crippen LogP contribution < -0.4 is 10.9 Å². The maximum atomic E-state index is 11.9. The molecule has 0 aliphatic heterocycles. The summed E-state index contributed by atoms with van der Waals surface area (Å²) in [7, 11) is 0. The lowest BCUT2D eigenvalue weighted by Crippen LogP contribution is -2.39. The molecule has 2 aromatic heterocycles. The first-order valence-electron chi connectivity index (χ1n) is 7.07. The molecule has 0 bridgehead atoms. The number of H-pyrrole nitrogens is 1. The van der Waals surface area contributed by atoms with E-state index in [-0.39, 0.29) is 23.6 Å². The quantitative estimate of drug-likeness (QED) is 0.876. The maximum absolute atomic E-state index is 11.9. The van der Waals surface area contributed by atoms with Crippen LogP contribution in [0.15, 0.2) is 35.6 Å². The number of carbonyl (C=O) groups excluding carboxylic acids is 1. The van der Waals surface area contributed by atoms with Crippen molar-refractivity contribution < 1.29 is 4.79 Å². The minimum atomic E-state index is -0.133. The Labute approximate surface area is 121 Å². The highest BCUT2D eigenvalue weighted by molar-refractivity contribution is 5.92. The molecule has 3 rings (SSSR count). The summed E-state index contributed by atoms with van der Waals surface area (Å²) in [4.78, 5) is 30.3. The van der Waals surface area contributed by atoms with E-state index in [1.165, 1.54) is 18.6 Å². The summed E-state index contributed by atoms with van der Waals surface area (Å²) < 4.78 is 1.55. The van der Waals surface area contributed by atoms with Crippen LogP contribution in [-0.4, -0.2) is 31.7 Å². The molecule has 0 radical (unpaired) electrons. The molecule has 0 saturated heterocycles. The first kappa shape index (κ1) is 13.5. The Kier molecular flexibility index (Phi) is 3.81. The third-order valence-electron chi connectivity index (χ3n) is 3.86. The van der Waals surface area contributed by atoms with E-state index in [0.717, 1.165) is 25.7 Å². The van der Waals surface area contributed by atoms with Crippen molar-refractivity contribution in [3.63, 3.8) is 0 Å². The summed E-state index contributed by atoms with van der Waals surface area (Å²) in [6.45, 7) is 0. The summed E-state index contributed by atoms with van der Waals surface area (Å²) in [5, 5.41) is 7.12. The van der Waals surface area contributed by atoms with E-state index in [2.05, 4.69) is 20.4 Å². The van der Waals surface area contributed by atoms with Crippen LogP contribution in [0.4, 0.5) is 0 Å². The highest BCUT2D eigenvalue weighted by Crippen LogP contribution is 2.26. The van der Waals surface area contributed by atoms with Crippen LogP contribution in [0.3, 0.4) is 0 Å². The number of amides is 1. The minimum Gasteiger partial charge on any atom is -0.348 e. The molecular weight excluding hydrogens is 270 g/mol. The second-order valence-corrected chi connectivity index (χ2v) is 5.25. The molecule has 1 saturated carbocycles. The molecule has 2 heterocycles. The number of aromatic nitrogens is 4. The fourth-order valence-corrected chi connectivity index (χ4v) is 2.75. The lowest BCUT2D eigenvalue weighted by molar-refractivity contribution is 0.0917. The van der Waals surface area contributed by atoms with Gasteiger partial charge in [0.1, 0.15) is 5.69 Å². The van der Waals surface area contributed by atoms with Crippen LogP contribution >= 0.6 is 0 Å². The summed E-state index contributed by atoms with van der Waals surface area (Å²) in [5.41, 5.74) is 0.403. The Morgan fingerprint density at radius 3 is 2.81 bits per heavy atom. The number of rotatable bonds is 3. The van der Waals surface area contributed by atoms with Gasteiger partial charge in [-0.05, 0) is 31.7 Å². The number of hydrogen-bond acceptors (Lipinski definition) is 4. The average molecular weight is 287 g/mol. The van der Waals surface area contributed by atoms with Gasteiger partial charge in [0.05, 0.1) is 18.6 Å². The van der Waals surface area contributed by atoms with Crippen molar-refractivity contribution in [2.24, 2.45) is 0 Å². The highest BCUT2D eigenvalue weighted by atomic mass is 16.2. The Morgan fingerprint density at radius 1 is 1.33 bits per heavy atom. The van der Waals surface area contributed by atoms with Crippen molar-refractivity contribution in [2.75, 3.05) is 0 Å². The summed E-state index contributed by atoms with van der Waals surface area (Å²) in [5.74, 6) is -0.133. The number of imidazole rings is 1. The van der Waals surface area contributed by atoms with Crippen molar-refractivity contribution in [3.8, 4) is 0 Å². The highest BCUT2D eigenvalue weighted by Gasteiger charge is 2.25. The lowest BCUT2D eigenvalue weighted by atomic mass is 9.91. The summed E-state index contributed by atoms with van der Waals surface area (Å²) in [6, 6.07) is 3.43. The van der Waals surface area contributed by atoms with Crippen LogP contribution in [0.2, 0.25) is 0 Å². The second kappa shape index (κ2) is 5.90. The Morgan fingerprint density at radius 2 is 2.14 bits per heavy atom. The normalized spacial score (nSPS) is 21.9. The SMILES string of the molecule is O=C(NC1CCC(n2ncccc2=O)CC1)c1cnc[nH]1. The predicted octanol–water partition coefficient (Wildman–Crippen LogP) is 0.880. The van der Waals surface area contributed by atoms with Crippen LogP contribution in [0, 0.1) is 0 Å². The number of carbonyl (C=O) groups is 1. The van der Waals surface area contributed by atoms with E-state index in [1.54, 1.807) is 16.9 Å². The standard InChI is InChI=1S/C14H17N5O2/c20-13-2-1-7-17-19(13)11-5-3-10(4-6-11)18-14(21)12-8-15-9-16-12/h1-2,7-11H,3-6H2,(H,15,16)(H,18,21). The minimum absolute atomic E-state index is 0.0672. The lowest BCUT2D eigenvalue weighted by Gasteiger charge is -2.29. The van der Waals surface area contributed by atoms with Crippen molar-refractivity contribution in [1.29, 1.82) is 0 Å². The monoisotopic (exact) mass is 287 g/mol. The average Bonchev–Trinajstić information content (AvgIpc) is 3.03. The van der Waals surface area contributed by atoms with E-state index < -0.39 is 0 Å². The van der Waals surface area contributed by atoms with Gasteiger partial charge in [-0.2, -0.15) is 5.10 Å². The first-order valence-corrected chi connectivity index (χ1v) is 7.07. The molecule has 0 aromatic carbocycles. The fourth-order valence-electron chi connectivity index (χ4n) is 2.75.